The number of methoxy groups -OCH3 is 1. The topological polar surface area (TPSA) is 51.2 Å². The molecule has 0 spiro atoms. The van der Waals surface area contributed by atoms with Gasteiger partial charge in [-0.1, -0.05) is 41.1 Å². The minimum absolute atomic E-state index is 0.104. The van der Waals surface area contributed by atoms with E-state index in [1.165, 1.54) is 23.1 Å². The number of carbonyl (C=O) groups excluding carboxylic acids is 1. The molecular weight excluding hydrogens is 352 g/mol. The van der Waals surface area contributed by atoms with Gasteiger partial charge in [-0.3, -0.25) is 4.79 Å². The fraction of sp³-hybridized carbons (Fsp3) is 0.125. The average Bonchev–Trinajstić information content (AvgIpc) is 2.99. The summed E-state index contributed by atoms with van der Waals surface area (Å²) in [5, 5.41) is 3.93. The fourth-order valence-corrected chi connectivity index (χ4v) is 3.88. The number of hydrogen-bond acceptors (Lipinski definition) is 5. The van der Waals surface area contributed by atoms with Crippen LogP contribution in [0.4, 0.5) is 5.13 Å². The van der Waals surface area contributed by atoms with E-state index in [-0.39, 0.29) is 5.91 Å². The molecule has 1 aromatic heterocycles. The first-order valence-corrected chi connectivity index (χ1v) is 8.96. The molecule has 1 heterocycles. The van der Waals surface area contributed by atoms with Gasteiger partial charge in [-0.2, -0.15) is 0 Å². The van der Waals surface area contributed by atoms with Crippen LogP contribution in [-0.2, 0) is 4.79 Å². The first kappa shape index (κ1) is 16.1. The van der Waals surface area contributed by atoms with Crippen LogP contribution in [0.2, 0.25) is 5.02 Å². The number of carbonyl (C=O) groups is 1. The number of thiazole rings is 1. The SMILES string of the molecule is COc1ccc(Cl)c2sc(NC(=O)CSc3ccccc3)nc12. The molecule has 23 heavy (non-hydrogen) atoms. The van der Waals surface area contributed by atoms with Gasteiger partial charge in [0.1, 0.15) is 11.3 Å². The van der Waals surface area contributed by atoms with Gasteiger partial charge in [0, 0.05) is 4.90 Å². The number of nitrogens with zero attached hydrogens (tertiary/aromatic N) is 1. The van der Waals surface area contributed by atoms with Crippen LogP contribution in [0.25, 0.3) is 10.2 Å². The Morgan fingerprint density at radius 3 is 2.83 bits per heavy atom. The number of thioether (sulfide) groups is 1. The maximum Gasteiger partial charge on any atom is 0.236 e. The van der Waals surface area contributed by atoms with Crippen LogP contribution in [0.15, 0.2) is 47.4 Å². The monoisotopic (exact) mass is 364 g/mol. The molecule has 7 heteroatoms. The Kier molecular flexibility index (Phi) is 5.05. The highest BCUT2D eigenvalue weighted by Crippen LogP contribution is 2.37. The Morgan fingerprint density at radius 1 is 1.30 bits per heavy atom. The third-order valence-electron chi connectivity index (χ3n) is 3.04. The van der Waals surface area contributed by atoms with Crippen LogP contribution in [0, 0.1) is 0 Å². The van der Waals surface area contributed by atoms with Crippen molar-refractivity contribution in [1.29, 1.82) is 0 Å². The van der Waals surface area contributed by atoms with Crippen molar-refractivity contribution in [1.82, 2.24) is 4.98 Å². The standard InChI is InChI=1S/C16H13ClN2O2S2/c1-21-12-8-7-11(17)15-14(12)19-16(23-15)18-13(20)9-22-10-5-3-2-4-6-10/h2-8H,9H2,1H3,(H,18,19,20). The number of benzene rings is 2. The predicted molar refractivity (Wildman–Crippen MR) is 97.0 cm³/mol. The molecule has 4 nitrogen and oxygen atoms in total. The number of ether oxygens (including phenoxy) is 1. The molecular formula is C16H13ClN2O2S2. The molecule has 0 fully saturated rings. The molecule has 0 saturated heterocycles. The molecule has 3 aromatic rings. The molecule has 1 amide bonds. The average molecular weight is 365 g/mol. The summed E-state index contributed by atoms with van der Waals surface area (Å²) in [6.45, 7) is 0. The van der Waals surface area contributed by atoms with Gasteiger partial charge in [0.05, 0.1) is 22.6 Å². The van der Waals surface area contributed by atoms with Crippen LogP contribution in [0.5, 0.6) is 5.75 Å². The predicted octanol–water partition coefficient (Wildman–Crippen LogP) is 4.69. The van der Waals surface area contributed by atoms with Crippen molar-refractivity contribution in [3.63, 3.8) is 0 Å². The summed E-state index contributed by atoms with van der Waals surface area (Å²) in [5.41, 5.74) is 0.663. The van der Waals surface area contributed by atoms with Gasteiger partial charge in [-0.25, -0.2) is 4.98 Å². The number of nitrogens with one attached hydrogen (secondary N) is 1. The van der Waals surface area contributed by atoms with Gasteiger partial charge in [0.15, 0.2) is 5.13 Å². The number of aromatic nitrogens is 1. The minimum atomic E-state index is -0.104. The van der Waals surface area contributed by atoms with E-state index in [0.29, 0.717) is 27.2 Å². The maximum absolute atomic E-state index is 12.1. The smallest absolute Gasteiger partial charge is 0.236 e. The Balaban J connectivity index is 1.71. The highest BCUT2D eigenvalue weighted by Gasteiger charge is 2.14. The molecule has 0 bridgehead atoms. The highest BCUT2D eigenvalue weighted by atomic mass is 35.5. The molecule has 118 valence electrons. The second-order valence-corrected chi connectivity index (χ2v) is 7.05. The zero-order chi connectivity index (χ0) is 16.2. The van der Waals surface area contributed by atoms with E-state index in [9.17, 15) is 4.79 Å². The zero-order valence-corrected chi connectivity index (χ0v) is 14.6. The Labute approximate surface area is 146 Å². The molecule has 0 aliphatic heterocycles. The fourth-order valence-electron chi connectivity index (χ4n) is 1.99. The third-order valence-corrected chi connectivity index (χ3v) is 5.48. The maximum atomic E-state index is 12.1. The molecule has 0 aliphatic carbocycles. The zero-order valence-electron chi connectivity index (χ0n) is 12.2. The normalized spacial score (nSPS) is 10.7. The summed E-state index contributed by atoms with van der Waals surface area (Å²) >= 11 is 8.99. The Morgan fingerprint density at radius 2 is 2.09 bits per heavy atom. The second kappa shape index (κ2) is 7.21. The van der Waals surface area contributed by atoms with E-state index in [2.05, 4.69) is 10.3 Å². The van der Waals surface area contributed by atoms with Crippen LogP contribution in [0.1, 0.15) is 0 Å². The van der Waals surface area contributed by atoms with E-state index in [0.717, 1.165) is 9.60 Å². The van der Waals surface area contributed by atoms with E-state index >= 15 is 0 Å². The quantitative estimate of drug-likeness (QED) is 0.667. The van der Waals surface area contributed by atoms with E-state index in [1.54, 1.807) is 19.2 Å². The summed E-state index contributed by atoms with van der Waals surface area (Å²) < 4.78 is 6.08. The Bertz CT molecular complexity index is 837. The lowest BCUT2D eigenvalue weighted by Gasteiger charge is -2.01. The number of amides is 1. The van der Waals surface area contributed by atoms with Crippen LogP contribution < -0.4 is 10.1 Å². The molecule has 0 aliphatic rings. The van der Waals surface area contributed by atoms with Crippen molar-refractivity contribution >= 4 is 56.0 Å². The van der Waals surface area contributed by atoms with E-state index in [4.69, 9.17) is 16.3 Å². The molecule has 0 saturated carbocycles. The van der Waals surface area contributed by atoms with E-state index < -0.39 is 0 Å². The highest BCUT2D eigenvalue weighted by molar-refractivity contribution is 8.00. The lowest BCUT2D eigenvalue weighted by atomic mass is 10.3. The molecule has 1 N–H and O–H groups in total. The molecule has 3 rings (SSSR count). The van der Waals surface area contributed by atoms with E-state index in [1.807, 2.05) is 30.3 Å². The van der Waals surface area contributed by atoms with Gasteiger partial charge in [0.2, 0.25) is 5.91 Å². The number of anilines is 1. The van der Waals surface area contributed by atoms with Crippen molar-refractivity contribution < 1.29 is 9.53 Å². The van der Waals surface area contributed by atoms with Gasteiger partial charge in [-0.15, -0.1) is 11.8 Å². The van der Waals surface area contributed by atoms with Crippen molar-refractivity contribution in [2.45, 2.75) is 4.90 Å². The first-order valence-electron chi connectivity index (χ1n) is 6.78. The molecule has 2 aromatic carbocycles. The number of hydrogen-bond donors (Lipinski definition) is 1. The van der Waals surface area contributed by atoms with Gasteiger partial charge < -0.3 is 10.1 Å². The summed E-state index contributed by atoms with van der Waals surface area (Å²) in [7, 11) is 1.58. The van der Waals surface area contributed by atoms with Gasteiger partial charge >= 0.3 is 0 Å². The largest absolute Gasteiger partial charge is 0.494 e. The van der Waals surface area contributed by atoms with Crippen molar-refractivity contribution in [2.75, 3.05) is 18.2 Å². The lowest BCUT2D eigenvalue weighted by molar-refractivity contribution is -0.113. The molecule has 0 radical (unpaired) electrons. The van der Waals surface area contributed by atoms with Crippen LogP contribution >= 0.6 is 34.7 Å². The van der Waals surface area contributed by atoms with Crippen molar-refractivity contribution in [3.05, 3.63) is 47.5 Å². The van der Waals surface area contributed by atoms with Crippen LogP contribution in [-0.4, -0.2) is 23.8 Å². The van der Waals surface area contributed by atoms with Crippen molar-refractivity contribution in [3.8, 4) is 5.75 Å². The second-order valence-electron chi connectivity index (χ2n) is 4.60. The summed E-state index contributed by atoms with van der Waals surface area (Å²) in [6.07, 6.45) is 0. The molecule has 0 unspecified atom stereocenters. The lowest BCUT2D eigenvalue weighted by Crippen LogP contribution is -2.13. The van der Waals surface area contributed by atoms with Crippen molar-refractivity contribution in [2.24, 2.45) is 0 Å². The number of halogens is 1. The number of fused-ring (bicyclic) bond motifs is 1. The first-order chi connectivity index (χ1) is 11.2. The van der Waals surface area contributed by atoms with Gasteiger partial charge in [-0.05, 0) is 24.3 Å². The van der Waals surface area contributed by atoms with Gasteiger partial charge in [0.25, 0.3) is 0 Å². The van der Waals surface area contributed by atoms with Crippen LogP contribution in [0.3, 0.4) is 0 Å². The summed E-state index contributed by atoms with van der Waals surface area (Å²) in [5.74, 6) is 0.859. The summed E-state index contributed by atoms with van der Waals surface area (Å²) in [4.78, 5) is 17.5. The summed E-state index contributed by atoms with van der Waals surface area (Å²) in [6, 6.07) is 13.3. The third kappa shape index (κ3) is 3.77. The Hall–Kier alpha value is -1.76. The minimum Gasteiger partial charge on any atom is -0.494 e. The molecule has 0 atom stereocenters. The number of rotatable bonds is 5.